The van der Waals surface area contributed by atoms with Crippen molar-refractivity contribution in [1.82, 2.24) is 0 Å². The zero-order valence-corrected chi connectivity index (χ0v) is 20.0. The zero-order chi connectivity index (χ0) is 25.1. The van der Waals surface area contributed by atoms with E-state index in [4.69, 9.17) is 35.2 Å². The summed E-state index contributed by atoms with van der Waals surface area (Å²) in [6.07, 6.45) is 0.862. The summed E-state index contributed by atoms with van der Waals surface area (Å²) in [4.78, 5) is 23.8. The number of ether oxygens (including phenoxy) is 5. The van der Waals surface area contributed by atoms with Gasteiger partial charge in [0.15, 0.2) is 0 Å². The summed E-state index contributed by atoms with van der Waals surface area (Å²) < 4.78 is 26.4. The molecule has 192 valence electrons. The summed E-state index contributed by atoms with van der Waals surface area (Å²) in [5.41, 5.74) is 13.7. The third-order valence-electron chi connectivity index (χ3n) is 4.89. The lowest BCUT2D eigenvalue weighted by Gasteiger charge is -2.12. The maximum atomic E-state index is 11.9. The quantitative estimate of drug-likeness (QED) is 0.235. The SMILES string of the molecule is NC(Cc1ccccc1)C(=O)OCCOCCOCCOCCOC(=O)C(N)Cc1ccccc1. The van der Waals surface area contributed by atoms with Gasteiger partial charge >= 0.3 is 11.9 Å². The lowest BCUT2D eigenvalue weighted by atomic mass is 10.1. The van der Waals surface area contributed by atoms with E-state index in [2.05, 4.69) is 0 Å². The van der Waals surface area contributed by atoms with Gasteiger partial charge in [-0.1, -0.05) is 60.7 Å². The van der Waals surface area contributed by atoms with Crippen molar-refractivity contribution in [2.24, 2.45) is 11.5 Å². The van der Waals surface area contributed by atoms with Gasteiger partial charge < -0.3 is 35.2 Å². The summed E-state index contributed by atoms with van der Waals surface area (Å²) in [5, 5.41) is 0. The molecule has 2 aromatic rings. The maximum Gasteiger partial charge on any atom is 0.323 e. The normalized spacial score (nSPS) is 12.6. The number of benzene rings is 2. The van der Waals surface area contributed by atoms with Gasteiger partial charge in [0, 0.05) is 0 Å². The Balaban J connectivity index is 1.35. The molecule has 4 N–H and O–H groups in total. The van der Waals surface area contributed by atoms with E-state index in [0.717, 1.165) is 11.1 Å². The Morgan fingerprint density at radius 2 is 0.857 bits per heavy atom. The molecule has 0 heterocycles. The molecule has 2 aromatic carbocycles. The molecular weight excluding hydrogens is 452 g/mol. The molecule has 9 nitrogen and oxygen atoms in total. The Morgan fingerprint density at radius 1 is 0.543 bits per heavy atom. The van der Waals surface area contributed by atoms with Crippen molar-refractivity contribution in [1.29, 1.82) is 0 Å². The molecule has 2 atom stereocenters. The molecule has 2 rings (SSSR count). The number of nitrogens with two attached hydrogens (primary N) is 2. The Hall–Kier alpha value is -2.82. The highest BCUT2D eigenvalue weighted by molar-refractivity contribution is 5.76. The third kappa shape index (κ3) is 13.0. The number of hydrogen-bond donors (Lipinski definition) is 2. The first kappa shape index (κ1) is 28.4. The molecular formula is C26H36N2O7. The van der Waals surface area contributed by atoms with Gasteiger partial charge in [0.1, 0.15) is 25.3 Å². The van der Waals surface area contributed by atoms with Crippen LogP contribution in [0, 0.1) is 0 Å². The zero-order valence-electron chi connectivity index (χ0n) is 20.0. The molecule has 35 heavy (non-hydrogen) atoms. The molecule has 2 unspecified atom stereocenters. The van der Waals surface area contributed by atoms with E-state index < -0.39 is 24.0 Å². The first-order valence-corrected chi connectivity index (χ1v) is 11.7. The van der Waals surface area contributed by atoms with E-state index in [0.29, 0.717) is 39.3 Å². The predicted molar refractivity (Wildman–Crippen MR) is 131 cm³/mol. The standard InChI is InChI=1S/C26H36N2O7/c27-23(19-21-7-3-1-4-8-21)25(29)34-17-15-32-13-11-31-12-14-33-16-18-35-26(30)24(28)20-22-9-5-2-6-10-22/h1-10,23-24H,11-20,27-28H2. The van der Waals surface area contributed by atoms with Gasteiger partial charge in [-0.05, 0) is 24.0 Å². The van der Waals surface area contributed by atoms with Crippen molar-refractivity contribution in [2.75, 3.05) is 52.9 Å². The minimum absolute atomic E-state index is 0.137. The fourth-order valence-electron chi connectivity index (χ4n) is 3.06. The largest absolute Gasteiger partial charge is 0.462 e. The van der Waals surface area contributed by atoms with Gasteiger partial charge in [-0.2, -0.15) is 0 Å². The molecule has 0 bridgehead atoms. The second-order valence-electron chi connectivity index (χ2n) is 7.76. The average Bonchev–Trinajstić information content (AvgIpc) is 2.87. The van der Waals surface area contributed by atoms with Gasteiger partial charge in [-0.3, -0.25) is 9.59 Å². The van der Waals surface area contributed by atoms with Crippen LogP contribution in [0.25, 0.3) is 0 Å². The van der Waals surface area contributed by atoms with Crippen LogP contribution >= 0.6 is 0 Å². The van der Waals surface area contributed by atoms with E-state index in [1.165, 1.54) is 0 Å². The van der Waals surface area contributed by atoms with Gasteiger partial charge in [-0.15, -0.1) is 0 Å². The van der Waals surface area contributed by atoms with Gasteiger partial charge in [0.25, 0.3) is 0 Å². The number of carbonyl (C=O) groups excluding carboxylic acids is 2. The fraction of sp³-hybridized carbons (Fsp3) is 0.462. The Kier molecular flexibility index (Phi) is 14.3. The summed E-state index contributed by atoms with van der Waals surface area (Å²) >= 11 is 0. The molecule has 0 aliphatic heterocycles. The highest BCUT2D eigenvalue weighted by Crippen LogP contribution is 2.04. The van der Waals surface area contributed by atoms with Gasteiger partial charge in [0.05, 0.1) is 39.6 Å². The Morgan fingerprint density at radius 3 is 1.20 bits per heavy atom. The summed E-state index contributed by atoms with van der Waals surface area (Å²) in [6, 6.07) is 17.7. The van der Waals surface area contributed by atoms with Crippen molar-refractivity contribution >= 4 is 11.9 Å². The topological polar surface area (TPSA) is 132 Å². The van der Waals surface area contributed by atoms with E-state index in [-0.39, 0.29) is 26.4 Å². The molecule has 0 amide bonds. The van der Waals surface area contributed by atoms with Crippen LogP contribution in [-0.2, 0) is 46.1 Å². The summed E-state index contributed by atoms with van der Waals surface area (Å²) in [7, 11) is 0. The predicted octanol–water partition coefficient (Wildman–Crippen LogP) is 1.26. The van der Waals surface area contributed by atoms with Crippen LogP contribution in [-0.4, -0.2) is 76.9 Å². The summed E-state index contributed by atoms with van der Waals surface area (Å²) in [5.74, 6) is -0.899. The van der Waals surface area contributed by atoms with Crippen LogP contribution in [0.5, 0.6) is 0 Å². The molecule has 0 aromatic heterocycles. The maximum absolute atomic E-state index is 11.9. The Labute approximate surface area is 206 Å². The molecule has 0 radical (unpaired) electrons. The number of esters is 2. The van der Waals surface area contributed by atoms with Crippen molar-refractivity contribution in [3.63, 3.8) is 0 Å². The van der Waals surface area contributed by atoms with Crippen LogP contribution in [0.2, 0.25) is 0 Å². The average molecular weight is 489 g/mol. The number of rotatable bonds is 18. The van der Waals surface area contributed by atoms with Crippen LogP contribution in [0.15, 0.2) is 60.7 Å². The van der Waals surface area contributed by atoms with Crippen LogP contribution < -0.4 is 11.5 Å². The minimum atomic E-state index is -0.699. The molecule has 0 spiro atoms. The first-order chi connectivity index (χ1) is 17.1. The van der Waals surface area contributed by atoms with E-state index >= 15 is 0 Å². The molecule has 0 fully saturated rings. The molecule has 0 aliphatic rings. The second kappa shape index (κ2) is 17.6. The highest BCUT2D eigenvalue weighted by atomic mass is 16.6. The number of hydrogen-bond acceptors (Lipinski definition) is 9. The van der Waals surface area contributed by atoms with Crippen molar-refractivity contribution in [3.8, 4) is 0 Å². The smallest absolute Gasteiger partial charge is 0.323 e. The van der Waals surface area contributed by atoms with Gasteiger partial charge in [0.2, 0.25) is 0 Å². The summed E-state index contributed by atoms with van der Waals surface area (Å²) in [6.45, 7) is 2.30. The molecule has 0 aliphatic carbocycles. The van der Waals surface area contributed by atoms with Crippen LogP contribution in [0.1, 0.15) is 11.1 Å². The van der Waals surface area contributed by atoms with E-state index in [1.54, 1.807) is 0 Å². The molecule has 0 saturated carbocycles. The van der Waals surface area contributed by atoms with E-state index in [1.807, 2.05) is 60.7 Å². The van der Waals surface area contributed by atoms with Gasteiger partial charge in [-0.25, -0.2) is 0 Å². The lowest BCUT2D eigenvalue weighted by molar-refractivity contribution is -0.147. The second-order valence-corrected chi connectivity index (χ2v) is 7.76. The monoisotopic (exact) mass is 488 g/mol. The van der Waals surface area contributed by atoms with Crippen molar-refractivity contribution in [3.05, 3.63) is 71.8 Å². The Bertz CT molecular complexity index is 767. The third-order valence-corrected chi connectivity index (χ3v) is 4.89. The fourth-order valence-corrected chi connectivity index (χ4v) is 3.06. The minimum Gasteiger partial charge on any atom is -0.462 e. The van der Waals surface area contributed by atoms with E-state index in [9.17, 15) is 9.59 Å². The van der Waals surface area contributed by atoms with Crippen LogP contribution in [0.3, 0.4) is 0 Å². The molecule has 9 heteroatoms. The first-order valence-electron chi connectivity index (χ1n) is 11.7. The lowest BCUT2D eigenvalue weighted by Crippen LogP contribution is -2.35. The number of carbonyl (C=O) groups is 2. The highest BCUT2D eigenvalue weighted by Gasteiger charge is 2.16. The van der Waals surface area contributed by atoms with Crippen LogP contribution in [0.4, 0.5) is 0 Å². The van der Waals surface area contributed by atoms with Crippen molar-refractivity contribution < 1.29 is 33.3 Å². The van der Waals surface area contributed by atoms with Crippen molar-refractivity contribution in [2.45, 2.75) is 24.9 Å². The molecule has 0 saturated heterocycles.